The molecule has 0 saturated carbocycles. The van der Waals surface area contributed by atoms with Gasteiger partial charge in [-0.25, -0.2) is 4.98 Å². The van der Waals surface area contributed by atoms with E-state index < -0.39 is 0 Å². The van der Waals surface area contributed by atoms with Crippen molar-refractivity contribution in [2.75, 3.05) is 0 Å². The number of para-hydroxylation sites is 2. The van der Waals surface area contributed by atoms with E-state index in [2.05, 4.69) is 9.97 Å². The Labute approximate surface area is 102 Å². The zero-order valence-electron chi connectivity index (χ0n) is 9.25. The summed E-state index contributed by atoms with van der Waals surface area (Å²) in [6, 6.07) is 9.79. The first-order chi connectivity index (χ1) is 8.65. The largest absolute Gasteiger partial charge is 0.507 e. The minimum absolute atomic E-state index is 0.149. The monoisotopic (exact) mass is 242 g/mol. The summed E-state index contributed by atoms with van der Waals surface area (Å²) in [5.74, 6) is -0.385. The topological polar surface area (TPSA) is 89.4 Å². The fraction of sp³-hybridized carbons (Fsp3) is 0. The fourth-order valence-corrected chi connectivity index (χ4v) is 1.84. The van der Waals surface area contributed by atoms with E-state index >= 15 is 0 Å². The third-order valence-corrected chi connectivity index (χ3v) is 2.74. The summed E-state index contributed by atoms with van der Waals surface area (Å²) in [6.07, 6.45) is 0. The Morgan fingerprint density at radius 3 is 2.39 bits per heavy atom. The molecule has 90 valence electrons. The van der Waals surface area contributed by atoms with E-state index in [9.17, 15) is 15.3 Å². The van der Waals surface area contributed by atoms with Crippen LogP contribution in [0.25, 0.3) is 22.4 Å². The Hall–Kier alpha value is -2.69. The van der Waals surface area contributed by atoms with Crippen LogP contribution in [0.15, 0.2) is 36.4 Å². The number of rotatable bonds is 1. The van der Waals surface area contributed by atoms with Crippen molar-refractivity contribution >= 4 is 11.0 Å². The van der Waals surface area contributed by atoms with Crippen LogP contribution in [0.1, 0.15) is 0 Å². The normalized spacial score (nSPS) is 10.9. The van der Waals surface area contributed by atoms with Gasteiger partial charge in [-0.05, 0) is 18.2 Å². The van der Waals surface area contributed by atoms with Crippen molar-refractivity contribution in [3.05, 3.63) is 36.4 Å². The van der Waals surface area contributed by atoms with Crippen LogP contribution in [0.2, 0.25) is 0 Å². The molecule has 3 aromatic rings. The number of aromatic nitrogens is 2. The molecule has 3 rings (SSSR count). The molecule has 0 aliphatic carbocycles. The van der Waals surface area contributed by atoms with E-state index in [4.69, 9.17) is 0 Å². The molecule has 18 heavy (non-hydrogen) atoms. The van der Waals surface area contributed by atoms with Crippen LogP contribution in [0, 0.1) is 0 Å². The van der Waals surface area contributed by atoms with Crippen molar-refractivity contribution in [3.63, 3.8) is 0 Å². The molecule has 4 N–H and O–H groups in total. The number of hydrogen-bond acceptors (Lipinski definition) is 4. The van der Waals surface area contributed by atoms with Crippen molar-refractivity contribution in [1.82, 2.24) is 9.97 Å². The molecule has 2 aromatic carbocycles. The summed E-state index contributed by atoms with van der Waals surface area (Å²) in [5.41, 5.74) is 1.93. The minimum Gasteiger partial charge on any atom is -0.507 e. The lowest BCUT2D eigenvalue weighted by atomic mass is 10.1. The number of aromatic amines is 1. The number of H-pyrrole nitrogens is 1. The molecule has 5 nitrogen and oxygen atoms in total. The molecular weight excluding hydrogens is 232 g/mol. The summed E-state index contributed by atoms with van der Waals surface area (Å²) < 4.78 is 0. The van der Waals surface area contributed by atoms with Crippen molar-refractivity contribution < 1.29 is 15.3 Å². The van der Waals surface area contributed by atoms with E-state index in [0.717, 1.165) is 17.1 Å². The first kappa shape index (κ1) is 10.5. The van der Waals surface area contributed by atoms with Crippen LogP contribution in [0.4, 0.5) is 0 Å². The predicted molar refractivity (Wildman–Crippen MR) is 66.5 cm³/mol. The molecule has 0 bridgehead atoms. The second-order valence-corrected chi connectivity index (χ2v) is 3.96. The van der Waals surface area contributed by atoms with Gasteiger partial charge in [0.15, 0.2) is 11.5 Å². The van der Waals surface area contributed by atoms with Gasteiger partial charge in [0.05, 0.1) is 16.6 Å². The first-order valence-electron chi connectivity index (χ1n) is 5.35. The summed E-state index contributed by atoms with van der Waals surface area (Å²) in [5, 5.41) is 28.5. The van der Waals surface area contributed by atoms with Gasteiger partial charge >= 0.3 is 0 Å². The molecule has 5 heteroatoms. The highest BCUT2D eigenvalue weighted by Gasteiger charge is 2.13. The molecule has 0 amide bonds. The summed E-state index contributed by atoms with van der Waals surface area (Å²) in [4.78, 5) is 7.34. The van der Waals surface area contributed by atoms with Gasteiger partial charge in [-0.15, -0.1) is 0 Å². The maximum absolute atomic E-state index is 9.76. The summed E-state index contributed by atoms with van der Waals surface area (Å²) in [6.45, 7) is 0. The van der Waals surface area contributed by atoms with Crippen LogP contribution >= 0.6 is 0 Å². The van der Waals surface area contributed by atoms with Crippen molar-refractivity contribution in [1.29, 1.82) is 0 Å². The second kappa shape index (κ2) is 3.66. The highest BCUT2D eigenvalue weighted by Crippen LogP contribution is 2.37. The van der Waals surface area contributed by atoms with Gasteiger partial charge in [0.25, 0.3) is 0 Å². The Morgan fingerprint density at radius 2 is 1.61 bits per heavy atom. The van der Waals surface area contributed by atoms with E-state index in [0.29, 0.717) is 11.4 Å². The standard InChI is InChI=1S/C13H10N2O3/c16-10-6-12(18)11(17)5-7(10)13-14-8-3-1-2-4-9(8)15-13/h1-6,16-18H,(H,14,15). The molecule has 1 aromatic heterocycles. The molecule has 0 aliphatic rings. The van der Waals surface area contributed by atoms with Gasteiger partial charge in [0.2, 0.25) is 0 Å². The number of aromatic hydroxyl groups is 3. The Bertz CT molecular complexity index is 701. The van der Waals surface area contributed by atoms with Crippen molar-refractivity contribution in [2.24, 2.45) is 0 Å². The van der Waals surface area contributed by atoms with Gasteiger partial charge < -0.3 is 20.3 Å². The SMILES string of the molecule is Oc1cc(O)c(-c2nc3ccccc3[nH]2)cc1O. The molecule has 0 unspecified atom stereocenters. The van der Waals surface area contributed by atoms with Crippen molar-refractivity contribution in [3.8, 4) is 28.6 Å². The highest BCUT2D eigenvalue weighted by atomic mass is 16.3. The Balaban J connectivity index is 2.22. The summed E-state index contributed by atoms with van der Waals surface area (Å²) in [7, 11) is 0. The highest BCUT2D eigenvalue weighted by molar-refractivity contribution is 5.81. The van der Waals surface area contributed by atoms with Gasteiger partial charge in [0, 0.05) is 6.07 Å². The fourth-order valence-electron chi connectivity index (χ4n) is 1.84. The number of phenolic OH excluding ortho intramolecular Hbond substituents is 3. The quantitative estimate of drug-likeness (QED) is 0.389. The number of benzene rings is 2. The van der Waals surface area contributed by atoms with Crippen LogP contribution < -0.4 is 0 Å². The minimum atomic E-state index is -0.368. The van der Waals surface area contributed by atoms with Gasteiger partial charge in [-0.1, -0.05) is 12.1 Å². The zero-order chi connectivity index (χ0) is 12.7. The van der Waals surface area contributed by atoms with Gasteiger partial charge in [-0.2, -0.15) is 0 Å². The maximum atomic E-state index is 9.76. The van der Waals surface area contributed by atoms with E-state index in [1.165, 1.54) is 6.07 Å². The number of nitrogens with one attached hydrogen (secondary N) is 1. The summed E-state index contributed by atoms with van der Waals surface area (Å²) >= 11 is 0. The van der Waals surface area contributed by atoms with Crippen LogP contribution in [0.5, 0.6) is 17.2 Å². The Kier molecular flexibility index (Phi) is 2.13. The van der Waals surface area contributed by atoms with Crippen molar-refractivity contribution in [2.45, 2.75) is 0 Å². The van der Waals surface area contributed by atoms with Crippen LogP contribution in [-0.4, -0.2) is 25.3 Å². The molecule has 1 heterocycles. The van der Waals surface area contributed by atoms with E-state index in [1.807, 2.05) is 24.3 Å². The molecule has 0 atom stereocenters. The van der Waals surface area contributed by atoms with Gasteiger partial charge in [0.1, 0.15) is 11.6 Å². The third kappa shape index (κ3) is 1.53. The molecule has 0 radical (unpaired) electrons. The number of phenols is 3. The lowest BCUT2D eigenvalue weighted by Gasteiger charge is -2.03. The second-order valence-electron chi connectivity index (χ2n) is 3.96. The number of hydrogen-bond donors (Lipinski definition) is 4. The first-order valence-corrected chi connectivity index (χ1v) is 5.35. The zero-order valence-corrected chi connectivity index (χ0v) is 9.25. The molecule has 0 spiro atoms. The smallest absolute Gasteiger partial charge is 0.161 e. The number of fused-ring (bicyclic) bond motifs is 1. The molecule has 0 fully saturated rings. The molecule has 0 aliphatic heterocycles. The average molecular weight is 242 g/mol. The average Bonchev–Trinajstić information content (AvgIpc) is 2.77. The molecule has 0 saturated heterocycles. The maximum Gasteiger partial charge on any atom is 0.161 e. The molecular formula is C13H10N2O3. The lowest BCUT2D eigenvalue weighted by Crippen LogP contribution is -1.82. The lowest BCUT2D eigenvalue weighted by molar-refractivity contribution is 0.397. The predicted octanol–water partition coefficient (Wildman–Crippen LogP) is 2.35. The van der Waals surface area contributed by atoms with E-state index in [-0.39, 0.29) is 17.2 Å². The third-order valence-electron chi connectivity index (χ3n) is 2.74. The Morgan fingerprint density at radius 1 is 0.889 bits per heavy atom. The number of nitrogens with zero attached hydrogens (tertiary/aromatic N) is 1. The van der Waals surface area contributed by atoms with Crippen LogP contribution in [-0.2, 0) is 0 Å². The number of imidazole rings is 1. The van der Waals surface area contributed by atoms with Crippen LogP contribution in [0.3, 0.4) is 0 Å². The van der Waals surface area contributed by atoms with E-state index in [1.54, 1.807) is 0 Å². The van der Waals surface area contributed by atoms with Gasteiger partial charge in [-0.3, -0.25) is 0 Å².